The number of aromatic nitrogens is 2. The number of aryl methyl sites for hydroxylation is 1. The molecule has 1 saturated carbocycles. The normalized spacial score (nSPS) is 14.9. The molecule has 1 aromatic carbocycles. The molecule has 3 rings (SSSR count). The zero-order chi connectivity index (χ0) is 25.4. The molecule has 1 fully saturated rings. The maximum Gasteiger partial charge on any atom is 0.165 e. The van der Waals surface area contributed by atoms with Gasteiger partial charge in [0.05, 0.1) is 0 Å². The lowest BCUT2D eigenvalue weighted by molar-refractivity contribution is 0.179. The molecule has 1 heterocycles. The van der Waals surface area contributed by atoms with E-state index in [1.165, 1.54) is 70.3 Å². The number of benzene rings is 1. The molecule has 1 aliphatic carbocycles. The Balaban J connectivity index is 1.32. The third-order valence-corrected chi connectivity index (χ3v) is 7.49. The summed E-state index contributed by atoms with van der Waals surface area (Å²) < 4.78 is 33.9. The van der Waals surface area contributed by atoms with Gasteiger partial charge in [0.2, 0.25) is 0 Å². The number of unbranched alkanes of at least 4 members (excludes halogenated alkanes) is 8. The Hall–Kier alpha value is -2.04. The smallest absolute Gasteiger partial charge is 0.165 e. The van der Waals surface area contributed by atoms with Crippen LogP contribution in [0.5, 0.6) is 5.75 Å². The molecular weight excluding hydrogens is 454 g/mol. The minimum absolute atomic E-state index is 0.0742. The van der Waals surface area contributed by atoms with Crippen LogP contribution in [0, 0.1) is 11.7 Å². The third-order valence-electron chi connectivity index (χ3n) is 7.49. The zero-order valence-electron chi connectivity index (χ0n) is 22.3. The highest BCUT2D eigenvalue weighted by molar-refractivity contribution is 5.56. The van der Waals surface area contributed by atoms with Crippen molar-refractivity contribution in [2.45, 2.75) is 122 Å². The van der Waals surface area contributed by atoms with Crippen LogP contribution in [0.25, 0.3) is 11.4 Å². The number of hydrogen-bond donors (Lipinski definition) is 0. The number of rotatable bonds is 18. The van der Waals surface area contributed by atoms with E-state index in [0.717, 1.165) is 50.0 Å². The molecule has 0 radical (unpaired) electrons. The predicted molar refractivity (Wildman–Crippen MR) is 145 cm³/mol. The molecule has 1 atom stereocenters. The maximum atomic E-state index is 14.5. The highest BCUT2D eigenvalue weighted by Crippen LogP contribution is 2.29. The molecule has 2 aromatic rings. The Kier molecular flexibility index (Phi) is 13.2. The molecule has 1 aromatic heterocycles. The SMILES string of the molecule is CCCCCC[C@@H](F)COc1ccc(-c2ncc(CCCCCCCCC3CCCC3)cn2)cc1F. The Morgan fingerprint density at radius 1 is 0.917 bits per heavy atom. The first-order valence-electron chi connectivity index (χ1n) is 14.5. The summed E-state index contributed by atoms with van der Waals surface area (Å²) in [4.78, 5) is 8.88. The van der Waals surface area contributed by atoms with Gasteiger partial charge in [-0.25, -0.2) is 18.7 Å². The number of ether oxygens (including phenoxy) is 1. The minimum Gasteiger partial charge on any atom is -0.487 e. The van der Waals surface area contributed by atoms with E-state index in [1.807, 2.05) is 12.4 Å². The standard InChI is InChI=1S/C31H46F2N2O/c1-2-3-4-11-18-28(32)24-36-30-20-19-27(21-29(30)33)31-34-22-26(23-35-31)17-10-8-6-5-7-9-14-25-15-12-13-16-25/h19-23,25,28H,2-18,24H2,1H3/t28-/m1/s1. The van der Waals surface area contributed by atoms with Crippen LogP contribution < -0.4 is 4.74 Å². The number of hydrogen-bond acceptors (Lipinski definition) is 3. The third kappa shape index (κ3) is 10.5. The molecule has 0 bridgehead atoms. The van der Waals surface area contributed by atoms with E-state index in [4.69, 9.17) is 4.74 Å². The molecule has 0 N–H and O–H groups in total. The minimum atomic E-state index is -1.07. The molecular formula is C31H46F2N2O. The molecule has 0 amide bonds. The fraction of sp³-hybridized carbons (Fsp3) is 0.677. The molecule has 1 aliphatic rings. The summed E-state index contributed by atoms with van der Waals surface area (Å²) in [5, 5.41) is 0. The van der Waals surface area contributed by atoms with Crippen molar-refractivity contribution in [2.75, 3.05) is 6.61 Å². The number of nitrogens with zero attached hydrogens (tertiary/aromatic N) is 2. The lowest BCUT2D eigenvalue weighted by atomic mass is 9.99. The summed E-state index contributed by atoms with van der Waals surface area (Å²) in [6.45, 7) is 2.01. The van der Waals surface area contributed by atoms with Gasteiger partial charge in [0.15, 0.2) is 17.4 Å². The van der Waals surface area contributed by atoms with Crippen molar-refractivity contribution < 1.29 is 13.5 Å². The molecule has 3 nitrogen and oxygen atoms in total. The summed E-state index contributed by atoms with van der Waals surface area (Å²) in [6, 6.07) is 4.64. The number of halogens is 2. The second kappa shape index (κ2) is 16.7. The zero-order valence-corrected chi connectivity index (χ0v) is 22.3. The average Bonchev–Trinajstić information content (AvgIpc) is 3.41. The Bertz CT molecular complexity index is 852. The van der Waals surface area contributed by atoms with Gasteiger partial charge in [-0.15, -0.1) is 0 Å². The lowest BCUT2D eigenvalue weighted by Gasteiger charge is -2.12. The molecule has 36 heavy (non-hydrogen) atoms. The van der Waals surface area contributed by atoms with Crippen molar-refractivity contribution in [1.82, 2.24) is 9.97 Å². The van der Waals surface area contributed by atoms with Crippen LogP contribution in [0.1, 0.15) is 115 Å². The summed E-state index contributed by atoms with van der Waals surface area (Å²) in [5.41, 5.74) is 1.72. The van der Waals surface area contributed by atoms with Gasteiger partial charge >= 0.3 is 0 Å². The van der Waals surface area contributed by atoms with Crippen molar-refractivity contribution in [3.8, 4) is 17.1 Å². The summed E-state index contributed by atoms with van der Waals surface area (Å²) in [5.74, 6) is 1.08. The summed E-state index contributed by atoms with van der Waals surface area (Å²) in [7, 11) is 0. The van der Waals surface area contributed by atoms with Crippen LogP contribution >= 0.6 is 0 Å². The second-order valence-corrected chi connectivity index (χ2v) is 10.6. The highest BCUT2D eigenvalue weighted by Gasteiger charge is 2.14. The summed E-state index contributed by atoms with van der Waals surface area (Å²) >= 11 is 0. The maximum absolute atomic E-state index is 14.5. The van der Waals surface area contributed by atoms with Gasteiger partial charge in [-0.1, -0.05) is 96.8 Å². The van der Waals surface area contributed by atoms with Gasteiger partial charge in [0.25, 0.3) is 0 Å². The van der Waals surface area contributed by atoms with Gasteiger partial charge in [0, 0.05) is 18.0 Å². The van der Waals surface area contributed by atoms with Crippen LogP contribution in [-0.2, 0) is 6.42 Å². The van der Waals surface area contributed by atoms with Crippen LogP contribution in [0.2, 0.25) is 0 Å². The van der Waals surface area contributed by atoms with Crippen molar-refractivity contribution in [3.05, 3.63) is 42.0 Å². The van der Waals surface area contributed by atoms with Crippen LogP contribution in [0.4, 0.5) is 8.78 Å². The van der Waals surface area contributed by atoms with Crippen LogP contribution in [-0.4, -0.2) is 22.7 Å². The van der Waals surface area contributed by atoms with Gasteiger partial charge in [-0.05, 0) is 48.9 Å². The van der Waals surface area contributed by atoms with E-state index in [2.05, 4.69) is 16.9 Å². The van der Waals surface area contributed by atoms with E-state index in [1.54, 1.807) is 12.1 Å². The van der Waals surface area contributed by atoms with E-state index in [-0.39, 0.29) is 12.4 Å². The Labute approximate surface area is 217 Å². The van der Waals surface area contributed by atoms with Crippen molar-refractivity contribution >= 4 is 0 Å². The van der Waals surface area contributed by atoms with E-state index in [9.17, 15) is 8.78 Å². The summed E-state index contributed by atoms with van der Waals surface area (Å²) in [6.07, 6.45) is 23.3. The first-order chi connectivity index (χ1) is 17.7. The number of alkyl halides is 1. The monoisotopic (exact) mass is 500 g/mol. The Morgan fingerprint density at radius 3 is 2.33 bits per heavy atom. The molecule has 0 spiro atoms. The lowest BCUT2D eigenvalue weighted by Crippen LogP contribution is -2.13. The predicted octanol–water partition coefficient (Wildman–Crippen LogP) is 9.43. The fourth-order valence-electron chi connectivity index (χ4n) is 5.21. The van der Waals surface area contributed by atoms with E-state index in [0.29, 0.717) is 17.8 Å². The van der Waals surface area contributed by atoms with Gasteiger partial charge < -0.3 is 4.74 Å². The fourth-order valence-corrected chi connectivity index (χ4v) is 5.21. The largest absolute Gasteiger partial charge is 0.487 e. The van der Waals surface area contributed by atoms with E-state index < -0.39 is 12.0 Å². The van der Waals surface area contributed by atoms with Gasteiger partial charge in [-0.2, -0.15) is 0 Å². The Morgan fingerprint density at radius 2 is 1.61 bits per heavy atom. The van der Waals surface area contributed by atoms with Crippen LogP contribution in [0.15, 0.2) is 30.6 Å². The quantitative estimate of drug-likeness (QED) is 0.191. The molecule has 0 aliphatic heterocycles. The van der Waals surface area contributed by atoms with Crippen molar-refractivity contribution in [3.63, 3.8) is 0 Å². The molecule has 0 saturated heterocycles. The first-order valence-corrected chi connectivity index (χ1v) is 14.5. The average molecular weight is 501 g/mol. The molecule has 0 unspecified atom stereocenters. The van der Waals surface area contributed by atoms with Crippen LogP contribution in [0.3, 0.4) is 0 Å². The van der Waals surface area contributed by atoms with Gasteiger partial charge in [-0.3, -0.25) is 0 Å². The van der Waals surface area contributed by atoms with Gasteiger partial charge in [0.1, 0.15) is 12.8 Å². The molecule has 200 valence electrons. The van der Waals surface area contributed by atoms with Crippen molar-refractivity contribution in [1.29, 1.82) is 0 Å². The second-order valence-electron chi connectivity index (χ2n) is 10.6. The first kappa shape index (κ1) is 28.5. The highest BCUT2D eigenvalue weighted by atomic mass is 19.1. The molecule has 5 heteroatoms. The topological polar surface area (TPSA) is 35.0 Å². The van der Waals surface area contributed by atoms with E-state index >= 15 is 0 Å². The van der Waals surface area contributed by atoms with Crippen molar-refractivity contribution in [2.24, 2.45) is 5.92 Å².